The van der Waals surface area contributed by atoms with E-state index in [0.29, 0.717) is 22.9 Å². The van der Waals surface area contributed by atoms with Gasteiger partial charge in [-0.25, -0.2) is 4.39 Å². The van der Waals surface area contributed by atoms with Crippen LogP contribution in [0.3, 0.4) is 0 Å². The van der Waals surface area contributed by atoms with Crippen molar-refractivity contribution in [2.24, 2.45) is 5.92 Å². The Bertz CT molecular complexity index is 771. The van der Waals surface area contributed by atoms with Crippen molar-refractivity contribution < 1.29 is 4.39 Å². The minimum Gasteiger partial charge on any atom is -0.215 e. The van der Waals surface area contributed by atoms with E-state index in [1.807, 2.05) is 12.1 Å². The van der Waals surface area contributed by atoms with E-state index in [0.717, 1.165) is 16.7 Å². The van der Waals surface area contributed by atoms with Crippen molar-refractivity contribution in [3.63, 3.8) is 0 Å². The standard InChI is InChI=1S/C21H20ClFI2/c1-14(2)4-5-16-6-9-18(10-7-16)15(3)12-17-8-11-20(22)19(13-17)21(23,24)25/h4-11,13-14H,3,12H2,1-2H3/b5-4+. The van der Waals surface area contributed by atoms with Crippen molar-refractivity contribution in [1.82, 2.24) is 0 Å². The molecule has 0 fully saturated rings. The first kappa shape index (κ1) is 20.9. The number of allylic oxidation sites excluding steroid dienone is 2. The lowest BCUT2D eigenvalue weighted by Crippen LogP contribution is -2.02. The largest absolute Gasteiger partial charge is 0.236 e. The number of alkyl halides is 3. The highest BCUT2D eigenvalue weighted by Gasteiger charge is 2.26. The molecule has 2 aromatic carbocycles. The molecule has 25 heavy (non-hydrogen) atoms. The Hall–Kier alpha value is -0.400. The number of hydrogen-bond acceptors (Lipinski definition) is 0. The van der Waals surface area contributed by atoms with Gasteiger partial charge in [0, 0.05) is 10.6 Å². The highest BCUT2D eigenvalue weighted by Crippen LogP contribution is 2.44. The highest BCUT2D eigenvalue weighted by molar-refractivity contribution is 14.2. The summed E-state index contributed by atoms with van der Waals surface area (Å²) in [6, 6.07) is 13.8. The van der Waals surface area contributed by atoms with E-state index in [-0.39, 0.29) is 0 Å². The Labute approximate surface area is 181 Å². The van der Waals surface area contributed by atoms with Gasteiger partial charge in [0.25, 0.3) is 0 Å². The van der Waals surface area contributed by atoms with Crippen LogP contribution in [0.15, 0.2) is 55.1 Å². The molecular formula is C21H20ClFI2. The molecule has 0 saturated heterocycles. The molecule has 0 aromatic heterocycles. The maximum Gasteiger partial charge on any atom is 0.236 e. The molecule has 0 unspecified atom stereocenters. The SMILES string of the molecule is C=C(Cc1ccc(Cl)c(C(F)(I)I)c1)c1ccc(/C=C/C(C)C)cc1. The van der Waals surface area contributed by atoms with E-state index in [9.17, 15) is 4.39 Å². The fraction of sp³-hybridized carbons (Fsp3) is 0.238. The van der Waals surface area contributed by atoms with Crippen molar-refractivity contribution in [2.45, 2.75) is 22.0 Å². The number of benzene rings is 2. The van der Waals surface area contributed by atoms with Crippen LogP contribution in [0.25, 0.3) is 11.6 Å². The molecule has 4 heteroatoms. The van der Waals surface area contributed by atoms with E-state index >= 15 is 0 Å². The van der Waals surface area contributed by atoms with Crippen LogP contribution in [-0.2, 0) is 8.10 Å². The lowest BCUT2D eigenvalue weighted by molar-refractivity contribution is 0.469. The van der Waals surface area contributed by atoms with Gasteiger partial charge in [-0.05, 0) is 91.9 Å². The van der Waals surface area contributed by atoms with Crippen LogP contribution in [0.2, 0.25) is 5.02 Å². The van der Waals surface area contributed by atoms with Gasteiger partial charge in [-0.3, -0.25) is 0 Å². The third-order valence-electron chi connectivity index (χ3n) is 3.75. The van der Waals surface area contributed by atoms with Gasteiger partial charge in [0.05, 0.1) is 0 Å². The second kappa shape index (κ2) is 9.00. The third kappa shape index (κ3) is 6.36. The molecule has 0 saturated carbocycles. The molecule has 0 atom stereocenters. The van der Waals surface area contributed by atoms with Crippen LogP contribution >= 0.6 is 56.8 Å². The molecule has 0 nitrogen and oxygen atoms in total. The Balaban J connectivity index is 2.15. The topological polar surface area (TPSA) is 0 Å². The molecule has 2 aromatic rings. The van der Waals surface area contributed by atoms with E-state index in [2.05, 4.69) is 56.8 Å². The van der Waals surface area contributed by atoms with Crippen LogP contribution in [-0.4, -0.2) is 0 Å². The summed E-state index contributed by atoms with van der Waals surface area (Å²) in [6.45, 7) is 8.50. The van der Waals surface area contributed by atoms with Crippen molar-refractivity contribution in [1.29, 1.82) is 0 Å². The Morgan fingerprint density at radius 2 is 1.84 bits per heavy atom. The second-order valence-corrected chi connectivity index (χ2v) is 11.8. The first-order valence-corrected chi connectivity index (χ1v) is 10.5. The number of halogens is 4. The number of rotatable bonds is 6. The van der Waals surface area contributed by atoms with E-state index in [1.165, 1.54) is 5.56 Å². The van der Waals surface area contributed by atoms with Gasteiger partial charge in [0.1, 0.15) is 0 Å². The van der Waals surface area contributed by atoms with E-state index in [4.69, 9.17) is 11.6 Å². The van der Waals surface area contributed by atoms with Gasteiger partial charge in [-0.1, -0.05) is 74.5 Å². The summed E-state index contributed by atoms with van der Waals surface area (Å²) in [5, 5.41) is 0.446. The first-order valence-electron chi connectivity index (χ1n) is 7.99. The van der Waals surface area contributed by atoms with Crippen molar-refractivity contribution >= 4 is 68.4 Å². The maximum atomic E-state index is 14.3. The molecular weight excluding hydrogens is 560 g/mol. The molecule has 0 aliphatic heterocycles. The summed E-state index contributed by atoms with van der Waals surface area (Å²) < 4.78 is 12.7. The average molecular weight is 581 g/mol. The molecule has 0 bridgehead atoms. The van der Waals surface area contributed by atoms with Gasteiger partial charge >= 0.3 is 0 Å². The third-order valence-corrected chi connectivity index (χ3v) is 5.24. The summed E-state index contributed by atoms with van der Waals surface area (Å²) in [6.07, 6.45) is 4.97. The van der Waals surface area contributed by atoms with Crippen LogP contribution < -0.4 is 0 Å². The molecule has 2 rings (SSSR count). The monoisotopic (exact) mass is 580 g/mol. The van der Waals surface area contributed by atoms with Gasteiger partial charge < -0.3 is 0 Å². The first-order chi connectivity index (χ1) is 11.7. The predicted molar refractivity (Wildman–Crippen MR) is 125 cm³/mol. The molecule has 0 aliphatic carbocycles. The zero-order valence-corrected chi connectivity index (χ0v) is 19.3. The van der Waals surface area contributed by atoms with Gasteiger partial charge in [0.2, 0.25) is 1.68 Å². The Morgan fingerprint density at radius 1 is 1.20 bits per heavy atom. The van der Waals surface area contributed by atoms with E-state index < -0.39 is 1.68 Å². The number of hydrogen-bond donors (Lipinski definition) is 0. The molecule has 0 aliphatic rings. The van der Waals surface area contributed by atoms with Crippen molar-refractivity contribution in [3.8, 4) is 0 Å². The molecule has 0 N–H and O–H groups in total. The maximum absolute atomic E-state index is 14.3. The van der Waals surface area contributed by atoms with Gasteiger partial charge in [0.15, 0.2) is 0 Å². The highest BCUT2D eigenvalue weighted by atomic mass is 127. The average Bonchev–Trinajstić information content (AvgIpc) is 2.54. The fourth-order valence-electron chi connectivity index (χ4n) is 2.38. The summed E-state index contributed by atoms with van der Waals surface area (Å²) in [5.41, 5.74) is 4.77. The van der Waals surface area contributed by atoms with Gasteiger partial charge in [-0.15, -0.1) is 0 Å². The summed E-state index contributed by atoms with van der Waals surface area (Å²) in [7, 11) is 0. The molecule has 0 heterocycles. The minimum atomic E-state index is -1.52. The molecule has 132 valence electrons. The predicted octanol–water partition coefficient (Wildman–Crippen LogP) is 8.21. The lowest BCUT2D eigenvalue weighted by atomic mass is 9.97. The van der Waals surface area contributed by atoms with Crippen LogP contribution in [0.5, 0.6) is 0 Å². The Morgan fingerprint density at radius 3 is 2.40 bits per heavy atom. The zero-order valence-electron chi connectivity index (χ0n) is 14.2. The van der Waals surface area contributed by atoms with Crippen molar-refractivity contribution in [2.75, 3.05) is 0 Å². The normalized spacial score (nSPS) is 12.1. The molecule has 0 spiro atoms. The smallest absolute Gasteiger partial charge is 0.215 e. The van der Waals surface area contributed by atoms with Crippen molar-refractivity contribution in [3.05, 3.63) is 82.4 Å². The lowest BCUT2D eigenvalue weighted by Gasteiger charge is -2.15. The Kier molecular flexibility index (Phi) is 7.52. The summed E-state index contributed by atoms with van der Waals surface area (Å²) in [4.78, 5) is 0. The quantitative estimate of drug-likeness (QED) is 0.239. The summed E-state index contributed by atoms with van der Waals surface area (Å²) >= 11 is 9.63. The van der Waals surface area contributed by atoms with E-state index in [1.54, 1.807) is 51.2 Å². The van der Waals surface area contributed by atoms with Crippen LogP contribution in [0.4, 0.5) is 4.39 Å². The van der Waals surface area contributed by atoms with Crippen LogP contribution in [0, 0.1) is 5.92 Å². The molecule has 0 amide bonds. The minimum absolute atomic E-state index is 0.446. The summed E-state index contributed by atoms with van der Waals surface area (Å²) in [5.74, 6) is 0.534. The van der Waals surface area contributed by atoms with Gasteiger partial charge in [-0.2, -0.15) is 0 Å². The fourth-order valence-corrected chi connectivity index (χ4v) is 3.84. The van der Waals surface area contributed by atoms with Crippen LogP contribution in [0.1, 0.15) is 36.1 Å². The molecule has 0 radical (unpaired) electrons. The second-order valence-electron chi connectivity index (χ2n) is 6.32. The zero-order chi connectivity index (χ0) is 18.6.